The van der Waals surface area contributed by atoms with Crippen molar-refractivity contribution in [3.8, 4) is 0 Å². The molecule has 1 nitrogen and oxygen atoms in total. The van der Waals surface area contributed by atoms with E-state index in [1.807, 2.05) is 24.3 Å². The predicted molar refractivity (Wildman–Crippen MR) is 78.9 cm³/mol. The van der Waals surface area contributed by atoms with Crippen molar-refractivity contribution in [3.05, 3.63) is 63.2 Å². The smallest absolute Gasteiger partial charge is 0.0314 e. The molecule has 0 aliphatic carbocycles. The Morgan fingerprint density at radius 1 is 0.750 bits per heavy atom. The van der Waals surface area contributed by atoms with Gasteiger partial charge in [-0.3, -0.25) is 0 Å². The maximum absolute atomic E-state index is 5.63. The molecule has 2 rings (SSSR count). The summed E-state index contributed by atoms with van der Waals surface area (Å²) >= 11 is 2.30. The number of hydrogen-bond donors (Lipinski definition) is 1. The van der Waals surface area contributed by atoms with Gasteiger partial charge in [-0.1, -0.05) is 36.4 Å². The molecule has 0 spiro atoms. The van der Waals surface area contributed by atoms with Gasteiger partial charge in [-0.05, 0) is 58.0 Å². The fourth-order valence-corrected chi connectivity index (χ4v) is 1.73. The van der Waals surface area contributed by atoms with E-state index in [0.717, 1.165) is 11.3 Å². The summed E-state index contributed by atoms with van der Waals surface area (Å²) in [6, 6.07) is 16.3. The normalized spacial score (nSPS) is 10.8. The summed E-state index contributed by atoms with van der Waals surface area (Å²) in [4.78, 5) is 0. The minimum atomic E-state index is 0.798. The number of anilines is 1. The number of halogens is 1. The fourth-order valence-electron chi connectivity index (χ4n) is 1.37. The highest BCUT2D eigenvalue weighted by Gasteiger charge is 1.89. The number of hydrogen-bond acceptors (Lipinski definition) is 1. The Kier molecular flexibility index (Phi) is 3.62. The zero-order chi connectivity index (χ0) is 11.4. The molecule has 0 heterocycles. The quantitative estimate of drug-likeness (QED) is 0.504. The molecule has 0 radical (unpaired) electrons. The van der Waals surface area contributed by atoms with Crippen molar-refractivity contribution in [1.82, 2.24) is 0 Å². The number of benzene rings is 2. The Balaban J connectivity index is 2.15. The van der Waals surface area contributed by atoms with Crippen molar-refractivity contribution in [2.45, 2.75) is 0 Å². The van der Waals surface area contributed by atoms with E-state index in [1.165, 1.54) is 9.13 Å². The van der Waals surface area contributed by atoms with Crippen LogP contribution in [0.2, 0.25) is 0 Å². The first-order valence-electron chi connectivity index (χ1n) is 5.03. The molecule has 0 aliphatic rings. The van der Waals surface area contributed by atoms with Gasteiger partial charge in [0.15, 0.2) is 0 Å². The van der Waals surface area contributed by atoms with Gasteiger partial charge in [-0.25, -0.2) is 0 Å². The molecular weight excluding hydrogens is 307 g/mol. The van der Waals surface area contributed by atoms with Crippen LogP contribution in [0.5, 0.6) is 0 Å². The molecule has 0 saturated carbocycles. The van der Waals surface area contributed by atoms with E-state index in [0.29, 0.717) is 0 Å². The predicted octanol–water partition coefficient (Wildman–Crippen LogP) is 4.04. The molecule has 0 fully saturated rings. The summed E-state index contributed by atoms with van der Waals surface area (Å²) < 4.78 is 1.25. The van der Waals surface area contributed by atoms with Crippen molar-refractivity contribution in [3.63, 3.8) is 0 Å². The van der Waals surface area contributed by atoms with E-state index < -0.39 is 0 Å². The maximum atomic E-state index is 5.63. The highest BCUT2D eigenvalue weighted by atomic mass is 125. The molecule has 80 valence electrons. The van der Waals surface area contributed by atoms with Crippen molar-refractivity contribution in [1.29, 1.82) is 0 Å². The van der Waals surface area contributed by atoms with Gasteiger partial charge >= 0.3 is 0 Å². The first kappa shape index (κ1) is 11.2. The number of nitrogen functional groups attached to an aromatic ring is 1. The zero-order valence-electron chi connectivity index (χ0n) is 8.73. The highest BCUT2D eigenvalue weighted by molar-refractivity contribution is 14.1. The molecule has 0 aromatic heterocycles. The van der Waals surface area contributed by atoms with Crippen LogP contribution in [-0.4, -0.2) is 0 Å². The Morgan fingerprint density at radius 3 is 1.69 bits per heavy atom. The van der Waals surface area contributed by atoms with Crippen molar-refractivity contribution >= 4 is 40.4 Å². The molecule has 2 aromatic rings. The summed E-state index contributed by atoms with van der Waals surface area (Å²) in [6.07, 6.45) is 4.18. The van der Waals surface area contributed by atoms with Gasteiger partial charge in [0.25, 0.3) is 0 Å². The van der Waals surface area contributed by atoms with Crippen LogP contribution < -0.4 is 5.73 Å². The summed E-state index contributed by atoms with van der Waals surface area (Å²) in [6.45, 7) is 0. The average molecular weight is 319 g/mol. The SMILES string of the molecule is Nc1ccc(/C=C/c2ccc([125I])cc2)cc1. The molecular formula is C14H12IN. The van der Waals surface area contributed by atoms with Crippen LogP contribution in [0.15, 0.2) is 48.5 Å². The van der Waals surface area contributed by atoms with Crippen molar-refractivity contribution < 1.29 is 0 Å². The van der Waals surface area contributed by atoms with Crippen LogP contribution in [0.3, 0.4) is 0 Å². The van der Waals surface area contributed by atoms with Crippen LogP contribution in [0.4, 0.5) is 5.69 Å². The van der Waals surface area contributed by atoms with Gasteiger partial charge < -0.3 is 5.73 Å². The van der Waals surface area contributed by atoms with E-state index in [2.05, 4.69) is 59.0 Å². The van der Waals surface area contributed by atoms with Gasteiger partial charge in [-0.15, -0.1) is 0 Å². The Morgan fingerprint density at radius 2 is 1.19 bits per heavy atom. The van der Waals surface area contributed by atoms with E-state index in [9.17, 15) is 0 Å². The van der Waals surface area contributed by atoms with E-state index in [4.69, 9.17) is 5.73 Å². The lowest BCUT2D eigenvalue weighted by molar-refractivity contribution is 1.61. The monoisotopic (exact) mass is 319 g/mol. The highest BCUT2D eigenvalue weighted by Crippen LogP contribution is 2.12. The van der Waals surface area contributed by atoms with Gasteiger partial charge in [0, 0.05) is 9.26 Å². The lowest BCUT2D eigenvalue weighted by Gasteiger charge is -1.96. The van der Waals surface area contributed by atoms with Gasteiger partial charge in [0.05, 0.1) is 0 Å². The van der Waals surface area contributed by atoms with E-state index >= 15 is 0 Å². The maximum Gasteiger partial charge on any atom is 0.0314 e. The summed E-state index contributed by atoms with van der Waals surface area (Å²) in [5, 5.41) is 0. The largest absolute Gasteiger partial charge is 0.399 e. The minimum Gasteiger partial charge on any atom is -0.399 e. The molecule has 0 unspecified atom stereocenters. The third-order valence-corrected chi connectivity index (χ3v) is 2.99. The van der Waals surface area contributed by atoms with Crippen LogP contribution in [0, 0.1) is 3.57 Å². The van der Waals surface area contributed by atoms with E-state index in [-0.39, 0.29) is 0 Å². The molecule has 0 atom stereocenters. The van der Waals surface area contributed by atoms with Crippen LogP contribution in [0.25, 0.3) is 12.2 Å². The lowest BCUT2D eigenvalue weighted by Crippen LogP contribution is -1.82. The summed E-state index contributed by atoms with van der Waals surface area (Å²) in [7, 11) is 0. The Labute approximate surface area is 109 Å². The second-order valence-electron chi connectivity index (χ2n) is 3.55. The van der Waals surface area contributed by atoms with Crippen LogP contribution in [-0.2, 0) is 0 Å². The molecule has 16 heavy (non-hydrogen) atoms. The third kappa shape index (κ3) is 3.10. The first-order valence-corrected chi connectivity index (χ1v) is 6.11. The van der Waals surface area contributed by atoms with E-state index in [1.54, 1.807) is 0 Å². The Hall–Kier alpha value is -1.29. The number of rotatable bonds is 2. The topological polar surface area (TPSA) is 26.0 Å². The van der Waals surface area contributed by atoms with Gasteiger partial charge in [-0.2, -0.15) is 0 Å². The number of nitrogens with two attached hydrogens (primary N) is 1. The fraction of sp³-hybridized carbons (Fsp3) is 0. The second-order valence-corrected chi connectivity index (χ2v) is 4.80. The van der Waals surface area contributed by atoms with Crippen molar-refractivity contribution in [2.75, 3.05) is 5.73 Å². The molecule has 2 N–H and O–H groups in total. The first-order chi connectivity index (χ1) is 7.74. The lowest BCUT2D eigenvalue weighted by atomic mass is 10.1. The Bertz CT molecular complexity index is 436. The molecule has 0 bridgehead atoms. The minimum absolute atomic E-state index is 0.798. The molecule has 0 amide bonds. The van der Waals surface area contributed by atoms with Crippen LogP contribution >= 0.6 is 22.6 Å². The molecule has 2 heteroatoms. The molecule has 0 saturated heterocycles. The average Bonchev–Trinajstić information content (AvgIpc) is 2.30. The summed E-state index contributed by atoms with van der Waals surface area (Å²) in [5.41, 5.74) is 8.79. The summed E-state index contributed by atoms with van der Waals surface area (Å²) in [5.74, 6) is 0. The molecule has 2 aromatic carbocycles. The standard InChI is InChI=1S/C14H12IN/c15-13-7-3-11(4-8-13)1-2-12-5-9-14(16)10-6-12/h1-10H,16H2/b2-1+/i15-2. The van der Waals surface area contributed by atoms with Crippen molar-refractivity contribution in [2.24, 2.45) is 0 Å². The second kappa shape index (κ2) is 5.16. The van der Waals surface area contributed by atoms with Crippen LogP contribution in [0.1, 0.15) is 11.1 Å². The van der Waals surface area contributed by atoms with Gasteiger partial charge in [0.2, 0.25) is 0 Å². The van der Waals surface area contributed by atoms with Gasteiger partial charge in [0.1, 0.15) is 0 Å². The molecule has 0 aliphatic heterocycles. The third-order valence-electron chi connectivity index (χ3n) is 2.27. The zero-order valence-corrected chi connectivity index (χ0v) is 10.9.